The lowest BCUT2D eigenvalue weighted by molar-refractivity contribution is 0.587. The monoisotopic (exact) mass is 269 g/mol. The largest absolute Gasteiger partial charge is 0.269 e. The van der Waals surface area contributed by atoms with Crippen molar-refractivity contribution in [2.75, 3.05) is 0 Å². The number of aromatic nitrogens is 5. The fourth-order valence-corrected chi connectivity index (χ4v) is 2.67. The van der Waals surface area contributed by atoms with Gasteiger partial charge in [-0.1, -0.05) is 6.92 Å². The van der Waals surface area contributed by atoms with Crippen molar-refractivity contribution in [3.8, 4) is 11.3 Å². The molecule has 0 atom stereocenters. The first-order valence-electron chi connectivity index (χ1n) is 6.94. The minimum atomic E-state index is 0.935. The van der Waals surface area contributed by atoms with Crippen LogP contribution in [0.25, 0.3) is 22.3 Å². The lowest BCUT2D eigenvalue weighted by Crippen LogP contribution is -2.01. The first kappa shape index (κ1) is 12.8. The summed E-state index contributed by atoms with van der Waals surface area (Å²) in [6.07, 6.45) is 4.81. The molecule has 0 saturated heterocycles. The van der Waals surface area contributed by atoms with Crippen LogP contribution in [0.2, 0.25) is 0 Å². The van der Waals surface area contributed by atoms with Gasteiger partial charge in [0.1, 0.15) is 5.52 Å². The SMILES string of the molecule is CCCn1ncc(-c2cc(C)c3c(cnn3C)n2)c1C. The third-order valence-corrected chi connectivity index (χ3v) is 3.70. The molecule has 3 aromatic heterocycles. The van der Waals surface area contributed by atoms with Crippen molar-refractivity contribution in [3.63, 3.8) is 0 Å². The van der Waals surface area contributed by atoms with Crippen LogP contribution in [-0.4, -0.2) is 24.5 Å². The van der Waals surface area contributed by atoms with E-state index in [1.54, 1.807) is 0 Å². The summed E-state index contributed by atoms with van der Waals surface area (Å²) in [4.78, 5) is 4.72. The summed E-state index contributed by atoms with van der Waals surface area (Å²) in [6, 6.07) is 2.12. The zero-order chi connectivity index (χ0) is 14.3. The van der Waals surface area contributed by atoms with Crippen LogP contribution in [0, 0.1) is 13.8 Å². The highest BCUT2D eigenvalue weighted by Gasteiger charge is 2.13. The molecule has 0 unspecified atom stereocenters. The fraction of sp³-hybridized carbons (Fsp3) is 0.400. The lowest BCUT2D eigenvalue weighted by atomic mass is 10.1. The highest BCUT2D eigenvalue weighted by molar-refractivity contribution is 5.81. The molecule has 5 heteroatoms. The van der Waals surface area contributed by atoms with Crippen molar-refractivity contribution in [1.82, 2.24) is 24.5 Å². The quantitative estimate of drug-likeness (QED) is 0.734. The second kappa shape index (κ2) is 4.74. The van der Waals surface area contributed by atoms with Gasteiger partial charge in [0.25, 0.3) is 0 Å². The minimum absolute atomic E-state index is 0.935. The molecule has 0 N–H and O–H groups in total. The van der Waals surface area contributed by atoms with Gasteiger partial charge in [-0.15, -0.1) is 0 Å². The number of hydrogen-bond acceptors (Lipinski definition) is 3. The first-order valence-corrected chi connectivity index (χ1v) is 6.94. The van der Waals surface area contributed by atoms with E-state index >= 15 is 0 Å². The Labute approximate surface area is 118 Å². The van der Waals surface area contributed by atoms with Gasteiger partial charge < -0.3 is 0 Å². The second-order valence-electron chi connectivity index (χ2n) is 5.19. The zero-order valence-corrected chi connectivity index (χ0v) is 12.4. The molecular weight excluding hydrogens is 250 g/mol. The third kappa shape index (κ3) is 1.90. The van der Waals surface area contributed by atoms with Crippen LogP contribution in [0.15, 0.2) is 18.5 Å². The Morgan fingerprint density at radius 1 is 1.15 bits per heavy atom. The molecule has 0 aliphatic carbocycles. The molecule has 0 spiro atoms. The number of fused-ring (bicyclic) bond motifs is 1. The number of pyridine rings is 1. The number of aryl methyl sites for hydroxylation is 3. The van der Waals surface area contributed by atoms with E-state index in [2.05, 4.69) is 37.0 Å². The van der Waals surface area contributed by atoms with E-state index in [4.69, 9.17) is 4.98 Å². The van der Waals surface area contributed by atoms with Gasteiger partial charge in [0.15, 0.2) is 0 Å². The standard InChI is InChI=1S/C15H19N5/c1-5-6-20-11(3)12(8-17-20)13-7-10(2)15-14(18-13)9-16-19(15)4/h7-9H,5-6H2,1-4H3. The summed E-state index contributed by atoms with van der Waals surface area (Å²) in [5.41, 5.74) is 6.46. The van der Waals surface area contributed by atoms with Gasteiger partial charge in [0, 0.05) is 24.8 Å². The van der Waals surface area contributed by atoms with Crippen LogP contribution < -0.4 is 0 Å². The van der Waals surface area contributed by atoms with Crippen LogP contribution >= 0.6 is 0 Å². The lowest BCUT2D eigenvalue weighted by Gasteiger charge is -2.06. The van der Waals surface area contributed by atoms with Gasteiger partial charge >= 0.3 is 0 Å². The molecule has 0 amide bonds. The third-order valence-electron chi connectivity index (χ3n) is 3.70. The maximum atomic E-state index is 4.72. The van der Waals surface area contributed by atoms with E-state index < -0.39 is 0 Å². The molecule has 0 saturated carbocycles. The van der Waals surface area contributed by atoms with Crippen molar-refractivity contribution in [3.05, 3.63) is 29.7 Å². The molecule has 0 aromatic carbocycles. The number of nitrogens with zero attached hydrogens (tertiary/aromatic N) is 5. The Kier molecular flexibility index (Phi) is 3.04. The Bertz CT molecular complexity index is 766. The molecule has 20 heavy (non-hydrogen) atoms. The van der Waals surface area contributed by atoms with Crippen LogP contribution in [0.5, 0.6) is 0 Å². The van der Waals surface area contributed by atoms with Gasteiger partial charge in [0.2, 0.25) is 0 Å². The van der Waals surface area contributed by atoms with E-state index in [-0.39, 0.29) is 0 Å². The van der Waals surface area contributed by atoms with Crippen molar-refractivity contribution in [2.45, 2.75) is 33.7 Å². The minimum Gasteiger partial charge on any atom is -0.269 e. The predicted molar refractivity (Wildman–Crippen MR) is 79.5 cm³/mol. The first-order chi connectivity index (χ1) is 9.61. The number of rotatable bonds is 3. The van der Waals surface area contributed by atoms with Gasteiger partial charge in [0.05, 0.1) is 23.6 Å². The molecule has 104 valence electrons. The molecular formula is C15H19N5. The van der Waals surface area contributed by atoms with Crippen LogP contribution in [0.3, 0.4) is 0 Å². The van der Waals surface area contributed by atoms with Gasteiger partial charge in [-0.05, 0) is 31.9 Å². The molecule has 3 aromatic rings. The van der Waals surface area contributed by atoms with Crippen molar-refractivity contribution in [2.24, 2.45) is 7.05 Å². The van der Waals surface area contributed by atoms with Crippen LogP contribution in [0.4, 0.5) is 0 Å². The van der Waals surface area contributed by atoms with Crippen LogP contribution in [0.1, 0.15) is 24.6 Å². The smallest absolute Gasteiger partial charge is 0.109 e. The normalized spacial score (nSPS) is 11.4. The van der Waals surface area contributed by atoms with Crippen molar-refractivity contribution in [1.29, 1.82) is 0 Å². The maximum Gasteiger partial charge on any atom is 0.109 e. The zero-order valence-electron chi connectivity index (χ0n) is 12.4. The molecule has 0 aliphatic heterocycles. The molecule has 0 aliphatic rings. The summed E-state index contributed by atoms with van der Waals surface area (Å²) < 4.78 is 3.91. The van der Waals surface area contributed by atoms with E-state index in [0.717, 1.165) is 35.3 Å². The highest BCUT2D eigenvalue weighted by Crippen LogP contribution is 2.26. The van der Waals surface area contributed by atoms with Crippen molar-refractivity contribution >= 4 is 11.0 Å². The average Bonchev–Trinajstić information content (AvgIpc) is 2.95. The van der Waals surface area contributed by atoms with E-state index in [9.17, 15) is 0 Å². The van der Waals surface area contributed by atoms with Gasteiger partial charge in [-0.3, -0.25) is 9.36 Å². The molecule has 0 radical (unpaired) electrons. The Hall–Kier alpha value is -2.17. The Morgan fingerprint density at radius 3 is 2.70 bits per heavy atom. The summed E-state index contributed by atoms with van der Waals surface area (Å²) in [7, 11) is 1.95. The maximum absolute atomic E-state index is 4.72. The van der Waals surface area contributed by atoms with E-state index in [1.165, 1.54) is 11.3 Å². The second-order valence-corrected chi connectivity index (χ2v) is 5.19. The summed E-state index contributed by atoms with van der Waals surface area (Å²) in [5.74, 6) is 0. The van der Waals surface area contributed by atoms with Gasteiger partial charge in [-0.2, -0.15) is 10.2 Å². The molecule has 0 fully saturated rings. The summed E-state index contributed by atoms with van der Waals surface area (Å²) in [5, 5.41) is 8.73. The van der Waals surface area contributed by atoms with Crippen molar-refractivity contribution < 1.29 is 0 Å². The number of hydrogen-bond donors (Lipinski definition) is 0. The molecule has 0 bridgehead atoms. The highest BCUT2D eigenvalue weighted by atomic mass is 15.3. The summed E-state index contributed by atoms with van der Waals surface area (Å²) >= 11 is 0. The topological polar surface area (TPSA) is 48.5 Å². The molecule has 5 nitrogen and oxygen atoms in total. The van der Waals surface area contributed by atoms with E-state index in [1.807, 2.05) is 28.8 Å². The van der Waals surface area contributed by atoms with E-state index in [0.29, 0.717) is 0 Å². The summed E-state index contributed by atoms with van der Waals surface area (Å²) in [6.45, 7) is 7.30. The average molecular weight is 269 g/mol. The Balaban J connectivity index is 2.15. The van der Waals surface area contributed by atoms with Crippen LogP contribution in [-0.2, 0) is 13.6 Å². The van der Waals surface area contributed by atoms with Gasteiger partial charge in [-0.25, -0.2) is 4.98 Å². The fourth-order valence-electron chi connectivity index (χ4n) is 2.67. The molecule has 3 rings (SSSR count). The predicted octanol–water partition coefficient (Wildman–Crippen LogP) is 2.86. The Morgan fingerprint density at radius 2 is 1.95 bits per heavy atom. The molecule has 3 heterocycles.